The number of nitrogens with one attached hydrogen (secondary N) is 1. The number of benzene rings is 2. The summed E-state index contributed by atoms with van der Waals surface area (Å²) < 4.78 is 10.5. The summed E-state index contributed by atoms with van der Waals surface area (Å²) in [6.07, 6.45) is 0. The van der Waals surface area contributed by atoms with Crippen LogP contribution in [0, 0.1) is 18.3 Å². The summed E-state index contributed by atoms with van der Waals surface area (Å²) in [6, 6.07) is 15.0. The second-order valence-electron chi connectivity index (χ2n) is 5.51. The molecule has 7 heteroatoms. The Balaban J connectivity index is 1.95. The van der Waals surface area contributed by atoms with Crippen molar-refractivity contribution < 1.29 is 14.1 Å². The molecule has 0 aliphatic carbocycles. The number of aryl methyl sites for hydroxylation is 1. The van der Waals surface area contributed by atoms with Gasteiger partial charge in [0.1, 0.15) is 11.8 Å². The maximum absolute atomic E-state index is 12.7. The summed E-state index contributed by atoms with van der Waals surface area (Å²) in [7, 11) is 1.56. The number of rotatable bonds is 5. The van der Waals surface area contributed by atoms with E-state index in [9.17, 15) is 4.79 Å². The molecular weight excluding hydrogens is 332 g/mol. The van der Waals surface area contributed by atoms with E-state index in [4.69, 9.17) is 14.5 Å². The zero-order valence-electron chi connectivity index (χ0n) is 14.3. The van der Waals surface area contributed by atoms with Crippen LogP contribution in [0.5, 0.6) is 5.75 Å². The highest BCUT2D eigenvalue weighted by molar-refractivity contribution is 5.94. The molecule has 1 aromatic heterocycles. The van der Waals surface area contributed by atoms with Crippen LogP contribution in [0.2, 0.25) is 0 Å². The van der Waals surface area contributed by atoms with Gasteiger partial charge in [-0.15, -0.1) is 0 Å². The molecule has 0 saturated heterocycles. The predicted molar refractivity (Wildman–Crippen MR) is 92.5 cm³/mol. The van der Waals surface area contributed by atoms with Gasteiger partial charge in [0.15, 0.2) is 5.82 Å². The minimum atomic E-state index is -0.647. The molecule has 1 amide bonds. The second-order valence-corrected chi connectivity index (χ2v) is 5.51. The zero-order chi connectivity index (χ0) is 18.5. The number of ether oxygens (including phenoxy) is 1. The smallest absolute Gasteiger partial charge is 0.252 e. The van der Waals surface area contributed by atoms with E-state index in [0.29, 0.717) is 34.2 Å². The Morgan fingerprint density at radius 3 is 2.58 bits per heavy atom. The zero-order valence-corrected chi connectivity index (χ0v) is 14.3. The molecule has 0 aliphatic heterocycles. The van der Waals surface area contributed by atoms with Crippen LogP contribution >= 0.6 is 0 Å². The first-order valence-corrected chi connectivity index (χ1v) is 7.86. The van der Waals surface area contributed by atoms with E-state index in [1.165, 1.54) is 0 Å². The van der Waals surface area contributed by atoms with Gasteiger partial charge in [-0.1, -0.05) is 23.4 Å². The number of amides is 1. The maximum Gasteiger partial charge on any atom is 0.252 e. The Morgan fingerprint density at radius 1 is 1.23 bits per heavy atom. The van der Waals surface area contributed by atoms with Gasteiger partial charge in [-0.05, 0) is 30.3 Å². The summed E-state index contributed by atoms with van der Waals surface area (Å²) in [4.78, 5) is 16.9. The van der Waals surface area contributed by atoms with E-state index in [0.717, 1.165) is 0 Å². The number of nitrogens with zero attached hydrogens (tertiary/aromatic N) is 3. The standard InChI is InChI=1S/C19H16N4O3/c1-12-21-18(23-26-12)17(15-5-3-4-6-16(15)25-2)22-19(24)14-9-7-13(11-20)8-10-14/h3-10,17H,1-2H3,(H,22,24)/t17-/m1/s1. The van der Waals surface area contributed by atoms with Crippen LogP contribution in [0.4, 0.5) is 0 Å². The SMILES string of the molecule is COc1ccccc1[C@@H](NC(=O)c1ccc(C#N)cc1)c1noc(C)n1. The number of nitriles is 1. The van der Waals surface area contributed by atoms with E-state index in [-0.39, 0.29) is 5.91 Å². The fourth-order valence-electron chi connectivity index (χ4n) is 2.53. The highest BCUT2D eigenvalue weighted by atomic mass is 16.5. The van der Waals surface area contributed by atoms with Gasteiger partial charge >= 0.3 is 0 Å². The van der Waals surface area contributed by atoms with E-state index in [1.807, 2.05) is 24.3 Å². The van der Waals surface area contributed by atoms with Crippen molar-refractivity contribution in [3.63, 3.8) is 0 Å². The Morgan fingerprint density at radius 2 is 1.96 bits per heavy atom. The average Bonchev–Trinajstić information content (AvgIpc) is 3.12. The van der Waals surface area contributed by atoms with Crippen LogP contribution in [0.15, 0.2) is 53.1 Å². The minimum Gasteiger partial charge on any atom is -0.496 e. The van der Waals surface area contributed by atoms with Crippen molar-refractivity contribution in [2.75, 3.05) is 7.11 Å². The lowest BCUT2D eigenvalue weighted by atomic mass is 10.0. The molecule has 130 valence electrons. The Hall–Kier alpha value is -3.66. The monoisotopic (exact) mass is 348 g/mol. The number of hydrogen-bond donors (Lipinski definition) is 1. The molecule has 3 rings (SSSR count). The average molecular weight is 348 g/mol. The Bertz CT molecular complexity index is 957. The predicted octanol–water partition coefficient (Wildman–Crippen LogP) is 2.78. The Kier molecular flexibility index (Phi) is 4.94. The van der Waals surface area contributed by atoms with Gasteiger partial charge in [-0.2, -0.15) is 10.2 Å². The molecule has 0 radical (unpaired) electrons. The largest absolute Gasteiger partial charge is 0.496 e. The topological polar surface area (TPSA) is 101 Å². The molecule has 7 nitrogen and oxygen atoms in total. The first kappa shape index (κ1) is 17.2. The molecule has 0 unspecified atom stereocenters. The van der Waals surface area contributed by atoms with Crippen LogP contribution < -0.4 is 10.1 Å². The van der Waals surface area contributed by atoms with Gasteiger partial charge in [-0.25, -0.2) is 0 Å². The molecule has 26 heavy (non-hydrogen) atoms. The lowest BCUT2D eigenvalue weighted by Crippen LogP contribution is -2.30. The van der Waals surface area contributed by atoms with Crippen molar-refractivity contribution in [3.05, 3.63) is 76.9 Å². The molecule has 1 heterocycles. The molecular formula is C19H16N4O3. The number of aromatic nitrogens is 2. The summed E-state index contributed by atoms with van der Waals surface area (Å²) in [6.45, 7) is 1.68. The summed E-state index contributed by atoms with van der Waals surface area (Å²) in [5, 5.41) is 15.7. The third-order valence-electron chi connectivity index (χ3n) is 3.80. The maximum atomic E-state index is 12.7. The molecule has 0 aliphatic rings. The van der Waals surface area contributed by atoms with Crippen molar-refractivity contribution >= 4 is 5.91 Å². The molecule has 1 N–H and O–H groups in total. The number of para-hydroxylation sites is 1. The normalized spacial score (nSPS) is 11.4. The quantitative estimate of drug-likeness (QED) is 0.761. The van der Waals surface area contributed by atoms with E-state index < -0.39 is 6.04 Å². The van der Waals surface area contributed by atoms with E-state index in [1.54, 1.807) is 44.4 Å². The van der Waals surface area contributed by atoms with Crippen LogP contribution in [0.3, 0.4) is 0 Å². The van der Waals surface area contributed by atoms with Gasteiger partial charge in [-0.3, -0.25) is 4.79 Å². The van der Waals surface area contributed by atoms with Gasteiger partial charge < -0.3 is 14.6 Å². The van der Waals surface area contributed by atoms with Gasteiger partial charge in [0, 0.05) is 18.1 Å². The van der Waals surface area contributed by atoms with Crippen molar-refractivity contribution in [2.45, 2.75) is 13.0 Å². The first-order chi connectivity index (χ1) is 12.6. The minimum absolute atomic E-state index is 0.326. The highest BCUT2D eigenvalue weighted by Gasteiger charge is 2.25. The fourth-order valence-corrected chi connectivity index (χ4v) is 2.53. The van der Waals surface area contributed by atoms with Crippen LogP contribution in [-0.2, 0) is 0 Å². The fraction of sp³-hybridized carbons (Fsp3) is 0.158. The lowest BCUT2D eigenvalue weighted by molar-refractivity contribution is 0.0941. The molecule has 0 spiro atoms. The van der Waals surface area contributed by atoms with Crippen LogP contribution in [-0.4, -0.2) is 23.2 Å². The lowest BCUT2D eigenvalue weighted by Gasteiger charge is -2.18. The molecule has 1 atom stereocenters. The van der Waals surface area contributed by atoms with Crippen LogP contribution in [0.25, 0.3) is 0 Å². The third-order valence-corrected chi connectivity index (χ3v) is 3.80. The second kappa shape index (κ2) is 7.49. The number of carbonyl (C=O) groups is 1. The molecule has 0 saturated carbocycles. The number of hydrogen-bond acceptors (Lipinski definition) is 6. The van der Waals surface area contributed by atoms with E-state index in [2.05, 4.69) is 15.5 Å². The molecule has 0 fully saturated rings. The first-order valence-electron chi connectivity index (χ1n) is 7.86. The van der Waals surface area contributed by atoms with Crippen molar-refractivity contribution in [1.82, 2.24) is 15.5 Å². The molecule has 0 bridgehead atoms. The van der Waals surface area contributed by atoms with Gasteiger partial charge in [0.25, 0.3) is 5.91 Å². The van der Waals surface area contributed by atoms with Gasteiger partial charge in [0.05, 0.1) is 18.7 Å². The van der Waals surface area contributed by atoms with E-state index >= 15 is 0 Å². The Labute approximate surface area is 150 Å². The molecule has 3 aromatic rings. The summed E-state index contributed by atoms with van der Waals surface area (Å²) in [5.41, 5.74) is 1.61. The third kappa shape index (κ3) is 3.54. The molecule has 2 aromatic carbocycles. The number of methoxy groups -OCH3 is 1. The van der Waals surface area contributed by atoms with Crippen molar-refractivity contribution in [2.24, 2.45) is 0 Å². The van der Waals surface area contributed by atoms with Gasteiger partial charge in [0.2, 0.25) is 5.89 Å². The summed E-state index contributed by atoms with van der Waals surface area (Å²) in [5.74, 6) is 0.995. The van der Waals surface area contributed by atoms with Crippen LogP contribution in [0.1, 0.15) is 39.2 Å². The van der Waals surface area contributed by atoms with Crippen molar-refractivity contribution in [3.8, 4) is 11.8 Å². The van der Waals surface area contributed by atoms with Crippen molar-refractivity contribution in [1.29, 1.82) is 5.26 Å². The summed E-state index contributed by atoms with van der Waals surface area (Å²) >= 11 is 0. The number of carbonyl (C=O) groups excluding carboxylic acids is 1. The highest BCUT2D eigenvalue weighted by Crippen LogP contribution is 2.28.